The highest BCUT2D eigenvalue weighted by Crippen LogP contribution is 2.28. The number of carbonyl (C=O) groups is 1. The highest BCUT2D eigenvalue weighted by atomic mass is 32.2. The number of aromatic nitrogens is 3. The smallest absolute Gasteiger partial charge is 0.254 e. The molecule has 1 atom stereocenters. The summed E-state index contributed by atoms with van der Waals surface area (Å²) in [5.74, 6) is 0.0840. The van der Waals surface area contributed by atoms with Crippen LogP contribution in [0.5, 0.6) is 0 Å². The third kappa shape index (κ3) is 4.82. The van der Waals surface area contributed by atoms with Gasteiger partial charge in [-0.25, -0.2) is 18.4 Å². The highest BCUT2D eigenvalue weighted by Gasteiger charge is 2.30. The zero-order valence-electron chi connectivity index (χ0n) is 18.4. The van der Waals surface area contributed by atoms with E-state index in [4.69, 9.17) is 14.7 Å². The number of hydrogen-bond acceptors (Lipinski definition) is 7. The summed E-state index contributed by atoms with van der Waals surface area (Å²) in [5.41, 5.74) is 4.40. The molecule has 3 aromatic rings. The van der Waals surface area contributed by atoms with Gasteiger partial charge < -0.3 is 15.0 Å². The first kappa shape index (κ1) is 22.4. The average molecular weight is 458 g/mol. The van der Waals surface area contributed by atoms with Gasteiger partial charge in [-0.1, -0.05) is 6.92 Å². The fraction of sp³-hybridized carbons (Fsp3) is 0.409. The molecule has 0 aromatic carbocycles. The van der Waals surface area contributed by atoms with Gasteiger partial charge in [0.15, 0.2) is 9.84 Å². The number of amides is 1. The first-order chi connectivity index (χ1) is 15.3. The van der Waals surface area contributed by atoms with E-state index in [1.54, 1.807) is 17.0 Å². The zero-order valence-corrected chi connectivity index (χ0v) is 19.2. The average Bonchev–Trinajstić information content (AvgIpc) is 3.13. The maximum absolute atomic E-state index is 12.7. The van der Waals surface area contributed by atoms with Gasteiger partial charge in [0.05, 0.1) is 40.8 Å². The number of nitrogens with one attached hydrogen (secondary N) is 2. The van der Waals surface area contributed by atoms with Gasteiger partial charge in [-0.3, -0.25) is 9.69 Å². The summed E-state index contributed by atoms with van der Waals surface area (Å²) in [7, 11) is -1.41. The van der Waals surface area contributed by atoms with E-state index in [9.17, 15) is 13.2 Å². The van der Waals surface area contributed by atoms with Gasteiger partial charge in [0.1, 0.15) is 12.4 Å². The van der Waals surface area contributed by atoms with Crippen molar-refractivity contribution in [3.63, 3.8) is 0 Å². The van der Waals surface area contributed by atoms with Crippen LogP contribution in [0.2, 0.25) is 0 Å². The number of morpholine rings is 1. The van der Waals surface area contributed by atoms with Crippen molar-refractivity contribution >= 4 is 32.6 Å². The monoisotopic (exact) mass is 457 g/mol. The fourth-order valence-electron chi connectivity index (χ4n) is 3.95. The summed E-state index contributed by atoms with van der Waals surface area (Å²) < 4.78 is 29.4. The molecular weight excluding hydrogens is 430 g/mol. The van der Waals surface area contributed by atoms with E-state index >= 15 is 0 Å². The Morgan fingerprint density at radius 1 is 1.22 bits per heavy atom. The van der Waals surface area contributed by atoms with E-state index < -0.39 is 9.84 Å². The van der Waals surface area contributed by atoms with Crippen LogP contribution < -0.4 is 10.2 Å². The van der Waals surface area contributed by atoms with Gasteiger partial charge in [0.25, 0.3) is 5.91 Å². The second-order valence-electron chi connectivity index (χ2n) is 8.08. The van der Waals surface area contributed by atoms with Crippen molar-refractivity contribution in [1.82, 2.24) is 20.3 Å². The minimum atomic E-state index is -3.28. The summed E-state index contributed by atoms with van der Waals surface area (Å²) in [6.07, 6.45) is 1.88. The van der Waals surface area contributed by atoms with E-state index in [-0.39, 0.29) is 24.3 Å². The molecule has 32 heavy (non-hydrogen) atoms. The second kappa shape index (κ2) is 8.97. The van der Waals surface area contributed by atoms with E-state index in [1.807, 2.05) is 32.2 Å². The second-order valence-corrected chi connectivity index (χ2v) is 10.2. The molecule has 1 amide bonds. The van der Waals surface area contributed by atoms with Crippen LogP contribution in [0, 0.1) is 0 Å². The van der Waals surface area contributed by atoms with Crippen LogP contribution >= 0.6 is 0 Å². The number of sulfone groups is 1. The maximum atomic E-state index is 12.7. The lowest BCUT2D eigenvalue weighted by molar-refractivity contribution is -0.127. The lowest BCUT2D eigenvalue weighted by Gasteiger charge is -2.34. The molecule has 4 rings (SSSR count). The molecule has 0 spiro atoms. The molecule has 1 aliphatic rings. The molecule has 170 valence electrons. The molecule has 0 saturated carbocycles. The predicted octanol–water partition coefficient (Wildman–Crippen LogP) is 2.03. The van der Waals surface area contributed by atoms with Crippen LogP contribution in [-0.4, -0.2) is 61.8 Å². The standard InChI is InChI=1S/C22H27N5O4S/c1-4-16-11-31-12-22(28)27(16)21-8-14(13-32(3,29)30)7-19(26-21)18-6-5-17-20(25-18)9-15(24-17)10-23-2/h5-9,16,23-24H,4,10-13H2,1-3H3. The van der Waals surface area contributed by atoms with Crippen molar-refractivity contribution in [2.75, 3.05) is 31.4 Å². The Hall–Kier alpha value is -2.82. The van der Waals surface area contributed by atoms with Crippen LogP contribution in [0.15, 0.2) is 30.3 Å². The number of aromatic amines is 1. The number of H-pyrrole nitrogens is 1. The third-order valence-corrected chi connectivity index (χ3v) is 6.21. The molecule has 4 heterocycles. The molecule has 0 bridgehead atoms. The third-order valence-electron chi connectivity index (χ3n) is 5.35. The molecule has 0 aliphatic carbocycles. The summed E-state index contributed by atoms with van der Waals surface area (Å²) in [6, 6.07) is 8.98. The van der Waals surface area contributed by atoms with Crippen molar-refractivity contribution in [2.45, 2.75) is 31.7 Å². The maximum Gasteiger partial charge on any atom is 0.254 e. The lowest BCUT2D eigenvalue weighted by Crippen LogP contribution is -2.49. The van der Waals surface area contributed by atoms with Crippen molar-refractivity contribution < 1.29 is 17.9 Å². The lowest BCUT2D eigenvalue weighted by atomic mass is 10.1. The Morgan fingerprint density at radius 3 is 2.75 bits per heavy atom. The van der Waals surface area contributed by atoms with Crippen LogP contribution in [0.4, 0.5) is 5.82 Å². The molecule has 1 saturated heterocycles. The molecule has 0 radical (unpaired) electrons. The molecule has 1 aliphatic heterocycles. The van der Waals surface area contributed by atoms with Gasteiger partial charge in [0.2, 0.25) is 0 Å². The first-order valence-electron chi connectivity index (χ1n) is 10.5. The van der Waals surface area contributed by atoms with Gasteiger partial charge >= 0.3 is 0 Å². The Labute approximate surface area is 187 Å². The summed E-state index contributed by atoms with van der Waals surface area (Å²) in [5, 5.41) is 3.10. The summed E-state index contributed by atoms with van der Waals surface area (Å²) in [6.45, 7) is 3.06. The van der Waals surface area contributed by atoms with Crippen LogP contribution in [0.3, 0.4) is 0 Å². The molecule has 10 heteroatoms. The Kier molecular flexibility index (Phi) is 6.27. The van der Waals surface area contributed by atoms with Gasteiger partial charge in [0, 0.05) is 18.5 Å². The van der Waals surface area contributed by atoms with Crippen LogP contribution in [-0.2, 0) is 31.7 Å². The number of nitrogens with zero attached hydrogens (tertiary/aromatic N) is 3. The molecule has 9 nitrogen and oxygen atoms in total. The van der Waals surface area contributed by atoms with Crippen LogP contribution in [0.25, 0.3) is 22.4 Å². The molecule has 1 fully saturated rings. The van der Waals surface area contributed by atoms with Crippen molar-refractivity contribution in [1.29, 1.82) is 0 Å². The molecular formula is C22H27N5O4S. The minimum Gasteiger partial charge on any atom is -0.369 e. The number of fused-ring (bicyclic) bond motifs is 1. The van der Waals surface area contributed by atoms with E-state index in [0.717, 1.165) is 16.7 Å². The van der Waals surface area contributed by atoms with E-state index in [1.165, 1.54) is 6.26 Å². The number of pyridine rings is 2. The number of ether oxygens (including phenoxy) is 1. The van der Waals surface area contributed by atoms with Crippen molar-refractivity contribution in [3.05, 3.63) is 41.6 Å². The van der Waals surface area contributed by atoms with E-state index in [2.05, 4.69) is 10.3 Å². The summed E-state index contributed by atoms with van der Waals surface area (Å²) >= 11 is 0. The minimum absolute atomic E-state index is 0.0222. The van der Waals surface area contributed by atoms with Crippen molar-refractivity contribution in [2.24, 2.45) is 0 Å². The number of anilines is 1. The molecule has 2 N–H and O–H groups in total. The zero-order chi connectivity index (χ0) is 22.9. The largest absolute Gasteiger partial charge is 0.369 e. The number of hydrogen-bond donors (Lipinski definition) is 2. The fourth-order valence-corrected chi connectivity index (χ4v) is 4.72. The Balaban J connectivity index is 1.82. The topological polar surface area (TPSA) is 117 Å². The molecule has 3 aromatic heterocycles. The Morgan fingerprint density at radius 2 is 2.03 bits per heavy atom. The van der Waals surface area contributed by atoms with Gasteiger partial charge in [-0.2, -0.15) is 0 Å². The van der Waals surface area contributed by atoms with Crippen molar-refractivity contribution in [3.8, 4) is 11.4 Å². The quantitative estimate of drug-likeness (QED) is 0.557. The first-order valence-corrected chi connectivity index (χ1v) is 12.6. The predicted molar refractivity (Wildman–Crippen MR) is 123 cm³/mol. The highest BCUT2D eigenvalue weighted by molar-refractivity contribution is 7.89. The molecule has 1 unspecified atom stereocenters. The number of rotatable bonds is 7. The van der Waals surface area contributed by atoms with Gasteiger partial charge in [-0.05, 0) is 49.4 Å². The number of carbonyl (C=O) groups excluding carboxylic acids is 1. The SMILES string of the molecule is CCC1COCC(=O)N1c1cc(CS(C)(=O)=O)cc(-c2ccc3[nH]c(CNC)cc3n2)n1. The Bertz CT molecular complexity index is 1250. The van der Waals surface area contributed by atoms with Crippen LogP contribution in [0.1, 0.15) is 24.6 Å². The summed E-state index contributed by atoms with van der Waals surface area (Å²) in [4.78, 5) is 27.1. The normalized spacial score (nSPS) is 17.3. The van der Waals surface area contributed by atoms with E-state index in [0.29, 0.717) is 42.3 Å². The van der Waals surface area contributed by atoms with Gasteiger partial charge in [-0.15, -0.1) is 0 Å².